The summed E-state index contributed by atoms with van der Waals surface area (Å²) in [5.74, 6) is 0.577. The minimum absolute atomic E-state index is 0.0245. The second-order valence-electron chi connectivity index (χ2n) is 7.26. The Balaban J connectivity index is 1.50. The summed E-state index contributed by atoms with van der Waals surface area (Å²) in [6.45, 7) is 8.68. The summed E-state index contributed by atoms with van der Waals surface area (Å²) in [6.07, 6.45) is 1.57. The van der Waals surface area contributed by atoms with Gasteiger partial charge in [0.1, 0.15) is 12.0 Å². The Labute approximate surface area is 163 Å². The normalized spacial score (nSPS) is 14.7. The summed E-state index contributed by atoms with van der Waals surface area (Å²) in [7, 11) is 0. The summed E-state index contributed by atoms with van der Waals surface area (Å²) in [6, 6.07) is 7.91. The van der Waals surface area contributed by atoms with Crippen molar-refractivity contribution in [2.45, 2.75) is 26.9 Å². The van der Waals surface area contributed by atoms with E-state index in [0.717, 1.165) is 35.4 Å². The van der Waals surface area contributed by atoms with Crippen LogP contribution in [0.15, 0.2) is 30.6 Å². The van der Waals surface area contributed by atoms with Crippen LogP contribution in [0.1, 0.15) is 30.0 Å². The zero-order valence-corrected chi connectivity index (χ0v) is 16.3. The summed E-state index contributed by atoms with van der Waals surface area (Å²) in [5.41, 5.74) is 3.31. The first kappa shape index (κ1) is 18.2. The summed E-state index contributed by atoms with van der Waals surface area (Å²) in [5, 5.41) is 7.81. The lowest BCUT2D eigenvalue weighted by Gasteiger charge is -2.36. The van der Waals surface area contributed by atoms with E-state index in [1.54, 1.807) is 6.07 Å². The molecule has 0 atom stereocenters. The van der Waals surface area contributed by atoms with Gasteiger partial charge in [0.05, 0.1) is 17.0 Å². The van der Waals surface area contributed by atoms with E-state index in [1.165, 1.54) is 6.33 Å². The lowest BCUT2D eigenvalue weighted by molar-refractivity contribution is 0.0741. The number of H-pyrrole nitrogens is 1. The van der Waals surface area contributed by atoms with Crippen molar-refractivity contribution >= 4 is 22.5 Å². The molecule has 8 nitrogen and oxygen atoms in total. The van der Waals surface area contributed by atoms with Crippen LogP contribution < -0.4 is 9.64 Å². The van der Waals surface area contributed by atoms with Gasteiger partial charge in [-0.2, -0.15) is 5.10 Å². The van der Waals surface area contributed by atoms with E-state index < -0.39 is 0 Å². The molecule has 1 N–H and O–H groups in total. The molecule has 0 aliphatic carbocycles. The van der Waals surface area contributed by atoms with Gasteiger partial charge in [0.15, 0.2) is 0 Å². The number of benzene rings is 1. The highest BCUT2D eigenvalue weighted by atomic mass is 16.5. The van der Waals surface area contributed by atoms with Crippen molar-refractivity contribution in [1.29, 1.82) is 0 Å². The second-order valence-corrected chi connectivity index (χ2v) is 7.26. The van der Waals surface area contributed by atoms with Crippen molar-refractivity contribution in [2.24, 2.45) is 0 Å². The van der Waals surface area contributed by atoms with Crippen LogP contribution >= 0.6 is 0 Å². The van der Waals surface area contributed by atoms with Crippen molar-refractivity contribution in [2.75, 3.05) is 31.1 Å². The zero-order chi connectivity index (χ0) is 19.7. The first-order valence-electron chi connectivity index (χ1n) is 9.49. The van der Waals surface area contributed by atoms with Crippen LogP contribution in [0, 0.1) is 6.92 Å². The highest BCUT2D eigenvalue weighted by Crippen LogP contribution is 2.28. The number of anilines is 1. The van der Waals surface area contributed by atoms with Crippen molar-refractivity contribution in [3.63, 3.8) is 0 Å². The Morgan fingerprint density at radius 1 is 1.14 bits per heavy atom. The molecule has 1 fully saturated rings. The predicted molar refractivity (Wildman–Crippen MR) is 107 cm³/mol. The van der Waals surface area contributed by atoms with Gasteiger partial charge in [-0.15, -0.1) is 0 Å². The van der Waals surface area contributed by atoms with Gasteiger partial charge in [0.2, 0.25) is 5.88 Å². The van der Waals surface area contributed by atoms with Gasteiger partial charge < -0.3 is 14.5 Å². The van der Waals surface area contributed by atoms with E-state index in [-0.39, 0.29) is 12.0 Å². The molecule has 4 rings (SSSR count). The molecule has 0 radical (unpaired) electrons. The molecule has 3 aromatic rings. The molecule has 1 aliphatic heterocycles. The quantitative estimate of drug-likeness (QED) is 0.748. The second kappa shape index (κ2) is 7.46. The number of aryl methyl sites for hydroxylation is 1. The number of hydrogen-bond acceptors (Lipinski definition) is 6. The van der Waals surface area contributed by atoms with Crippen molar-refractivity contribution in [1.82, 2.24) is 25.1 Å². The molecule has 8 heteroatoms. The molecule has 28 heavy (non-hydrogen) atoms. The highest BCUT2D eigenvalue weighted by Gasteiger charge is 2.24. The van der Waals surface area contributed by atoms with Crippen molar-refractivity contribution in [3.8, 4) is 5.88 Å². The number of aromatic nitrogens is 4. The Morgan fingerprint density at radius 3 is 2.61 bits per heavy atom. The minimum atomic E-state index is -0.0245. The minimum Gasteiger partial charge on any atom is -0.474 e. The van der Waals surface area contributed by atoms with Gasteiger partial charge in [-0.25, -0.2) is 9.97 Å². The number of carbonyl (C=O) groups is 1. The molecule has 3 heterocycles. The average molecular weight is 380 g/mol. The van der Waals surface area contributed by atoms with Gasteiger partial charge in [-0.1, -0.05) is 0 Å². The average Bonchev–Trinajstić information content (AvgIpc) is 3.13. The van der Waals surface area contributed by atoms with E-state index in [1.807, 2.05) is 31.7 Å². The van der Waals surface area contributed by atoms with E-state index in [2.05, 4.69) is 37.2 Å². The summed E-state index contributed by atoms with van der Waals surface area (Å²) >= 11 is 0. The van der Waals surface area contributed by atoms with Gasteiger partial charge in [0.25, 0.3) is 5.91 Å². The number of carbonyl (C=O) groups excluding carboxylic acids is 1. The Bertz CT molecular complexity index is 991. The summed E-state index contributed by atoms with van der Waals surface area (Å²) < 4.78 is 5.84. The molecule has 0 saturated carbocycles. The van der Waals surface area contributed by atoms with Crippen LogP contribution in [0.4, 0.5) is 5.69 Å². The van der Waals surface area contributed by atoms with Crippen molar-refractivity contribution < 1.29 is 9.53 Å². The number of rotatable bonds is 4. The largest absolute Gasteiger partial charge is 0.474 e. The third kappa shape index (κ3) is 3.62. The highest BCUT2D eigenvalue weighted by molar-refractivity contribution is 5.92. The zero-order valence-electron chi connectivity index (χ0n) is 16.3. The van der Waals surface area contributed by atoms with E-state index in [0.29, 0.717) is 24.7 Å². The third-order valence-electron chi connectivity index (χ3n) is 4.79. The molecule has 1 amide bonds. The van der Waals surface area contributed by atoms with E-state index in [9.17, 15) is 4.79 Å². The maximum atomic E-state index is 12.6. The number of ether oxygens (including phenoxy) is 1. The van der Waals surface area contributed by atoms with Gasteiger partial charge >= 0.3 is 0 Å². The molecule has 0 unspecified atom stereocenters. The third-order valence-corrected chi connectivity index (χ3v) is 4.79. The fourth-order valence-corrected chi connectivity index (χ4v) is 3.39. The Morgan fingerprint density at radius 2 is 1.93 bits per heavy atom. The number of hydrogen-bond donors (Lipinski definition) is 1. The number of amides is 1. The maximum absolute atomic E-state index is 12.6. The lowest BCUT2D eigenvalue weighted by Crippen LogP contribution is -2.48. The number of fused-ring (bicyclic) bond motifs is 1. The standard InChI is InChI=1S/C20H24N6O2/c1-13(2)28-19-16-11-15(4-5-17(16)21-12-22-19)25-6-8-26(9-7-25)20(27)18-10-14(3)23-24-18/h4-5,10-13H,6-9H2,1-3H3,(H,23,24). The Kier molecular flexibility index (Phi) is 4.85. The molecule has 0 spiro atoms. The van der Waals surface area contributed by atoms with Crippen LogP contribution in [-0.4, -0.2) is 63.3 Å². The van der Waals surface area contributed by atoms with Crippen LogP contribution in [-0.2, 0) is 0 Å². The van der Waals surface area contributed by atoms with Crippen LogP contribution in [0.2, 0.25) is 0 Å². The van der Waals surface area contributed by atoms with Crippen LogP contribution in [0.5, 0.6) is 5.88 Å². The van der Waals surface area contributed by atoms with Gasteiger partial charge in [-0.3, -0.25) is 9.89 Å². The fourth-order valence-electron chi connectivity index (χ4n) is 3.39. The predicted octanol–water partition coefficient (Wildman–Crippen LogP) is 2.41. The fraction of sp³-hybridized carbons (Fsp3) is 0.400. The number of aromatic amines is 1. The molecule has 1 aromatic carbocycles. The maximum Gasteiger partial charge on any atom is 0.274 e. The number of nitrogens with one attached hydrogen (secondary N) is 1. The lowest BCUT2D eigenvalue weighted by atomic mass is 10.1. The Hall–Kier alpha value is -3.16. The van der Waals surface area contributed by atoms with E-state index >= 15 is 0 Å². The van der Waals surface area contributed by atoms with Crippen LogP contribution in [0.25, 0.3) is 10.9 Å². The van der Waals surface area contributed by atoms with Gasteiger partial charge in [-0.05, 0) is 45.0 Å². The topological polar surface area (TPSA) is 87.2 Å². The number of piperazine rings is 1. The molecule has 146 valence electrons. The van der Waals surface area contributed by atoms with E-state index in [4.69, 9.17) is 4.74 Å². The molecule has 1 saturated heterocycles. The summed E-state index contributed by atoms with van der Waals surface area (Å²) in [4.78, 5) is 25.3. The molecular formula is C20H24N6O2. The first-order valence-corrected chi connectivity index (χ1v) is 9.49. The SMILES string of the molecule is Cc1cc(C(=O)N2CCN(c3ccc4ncnc(OC(C)C)c4c3)CC2)n[nH]1. The number of nitrogens with zero attached hydrogens (tertiary/aromatic N) is 5. The molecule has 1 aliphatic rings. The van der Waals surface area contributed by atoms with Crippen LogP contribution in [0.3, 0.4) is 0 Å². The smallest absolute Gasteiger partial charge is 0.274 e. The monoisotopic (exact) mass is 380 g/mol. The first-order chi connectivity index (χ1) is 13.5. The molecule has 0 bridgehead atoms. The van der Waals surface area contributed by atoms with Gasteiger partial charge in [0, 0.05) is 37.6 Å². The molecular weight excluding hydrogens is 356 g/mol. The molecule has 2 aromatic heterocycles. The van der Waals surface area contributed by atoms with Crippen molar-refractivity contribution in [3.05, 3.63) is 42.0 Å².